The Bertz CT molecular complexity index is 294. The van der Waals surface area contributed by atoms with Crippen LogP contribution >= 0.6 is 0 Å². The molecule has 0 saturated heterocycles. The first-order valence-corrected chi connectivity index (χ1v) is 6.65. The fourth-order valence-corrected chi connectivity index (χ4v) is 1.52. The highest BCUT2D eigenvalue weighted by Crippen LogP contribution is 2.05. The van der Waals surface area contributed by atoms with Crippen molar-refractivity contribution in [2.75, 3.05) is 19.8 Å². The smallest absolute Gasteiger partial charge is 0.246 e. The molecule has 0 aromatic carbocycles. The number of hydrogen-bond donors (Lipinski definition) is 1. The minimum Gasteiger partial charge on any atom is -0.373 e. The van der Waals surface area contributed by atoms with Gasteiger partial charge in [-0.1, -0.05) is 13.8 Å². The van der Waals surface area contributed by atoms with Crippen LogP contribution < -0.4 is 5.32 Å². The number of carbonyl (C=O) groups excluding carboxylic acids is 2. The first kappa shape index (κ1) is 18.1. The third-order valence-corrected chi connectivity index (χ3v) is 2.42. The van der Waals surface area contributed by atoms with Crippen LogP contribution in [0.15, 0.2) is 0 Å². The van der Waals surface area contributed by atoms with E-state index in [2.05, 4.69) is 5.32 Å². The zero-order valence-corrected chi connectivity index (χ0v) is 12.9. The molecule has 0 radical (unpaired) electrons. The molecule has 5 heteroatoms. The molecule has 0 rings (SSSR count). The highest BCUT2D eigenvalue weighted by atomic mass is 16.5. The molecule has 0 aromatic rings. The average molecular weight is 273 g/mol. The molecule has 0 aliphatic carbocycles. The lowest BCUT2D eigenvalue weighted by Gasteiger charge is -2.20. The standard InChI is InChI=1S/C14H27NO4/c1-10(2)13(11(3)16)15-12(17)9-18-7-8-19-14(4,5)6/h10,13H,7-9H2,1-6H3,(H,15,17). The third kappa shape index (κ3) is 9.62. The van der Waals surface area contributed by atoms with Crippen LogP contribution in [0.1, 0.15) is 41.5 Å². The van der Waals surface area contributed by atoms with Gasteiger partial charge >= 0.3 is 0 Å². The monoisotopic (exact) mass is 273 g/mol. The number of Topliss-reactive ketones (excluding diaryl/α,β-unsaturated/α-hetero) is 1. The summed E-state index contributed by atoms with van der Waals surface area (Å²) in [5, 5.41) is 2.67. The summed E-state index contributed by atoms with van der Waals surface area (Å²) in [5.74, 6) is -0.241. The van der Waals surface area contributed by atoms with E-state index in [1.807, 2.05) is 34.6 Å². The lowest BCUT2D eigenvalue weighted by molar-refractivity contribution is -0.131. The quantitative estimate of drug-likeness (QED) is 0.681. The number of nitrogens with one attached hydrogen (secondary N) is 1. The van der Waals surface area contributed by atoms with Crippen molar-refractivity contribution in [2.24, 2.45) is 5.92 Å². The minimum atomic E-state index is -0.443. The zero-order valence-electron chi connectivity index (χ0n) is 12.9. The summed E-state index contributed by atoms with van der Waals surface area (Å²) in [4.78, 5) is 22.9. The van der Waals surface area contributed by atoms with Crippen LogP contribution in [0, 0.1) is 5.92 Å². The molecule has 0 aliphatic rings. The van der Waals surface area contributed by atoms with E-state index in [-0.39, 0.29) is 29.8 Å². The summed E-state index contributed by atoms with van der Waals surface area (Å²) >= 11 is 0. The maximum absolute atomic E-state index is 11.6. The molecule has 0 aromatic heterocycles. The van der Waals surface area contributed by atoms with Crippen molar-refractivity contribution < 1.29 is 19.1 Å². The lowest BCUT2D eigenvalue weighted by Crippen LogP contribution is -2.44. The number of ether oxygens (including phenoxy) is 2. The Morgan fingerprint density at radius 2 is 1.74 bits per heavy atom. The Labute approximate surface area is 116 Å². The Balaban J connectivity index is 3.84. The molecule has 5 nitrogen and oxygen atoms in total. The number of hydrogen-bond acceptors (Lipinski definition) is 4. The molecule has 0 aliphatic heterocycles. The minimum absolute atomic E-state index is 0.0422. The molecule has 19 heavy (non-hydrogen) atoms. The topological polar surface area (TPSA) is 64.6 Å². The Morgan fingerprint density at radius 3 is 2.16 bits per heavy atom. The summed E-state index contributed by atoms with van der Waals surface area (Å²) < 4.78 is 10.7. The highest BCUT2D eigenvalue weighted by molar-refractivity contribution is 5.88. The molecule has 0 spiro atoms. The van der Waals surface area contributed by atoms with Crippen LogP contribution in [0.3, 0.4) is 0 Å². The van der Waals surface area contributed by atoms with Gasteiger partial charge in [0.1, 0.15) is 6.61 Å². The molecule has 1 atom stereocenters. The van der Waals surface area contributed by atoms with E-state index in [9.17, 15) is 9.59 Å². The van der Waals surface area contributed by atoms with Gasteiger partial charge in [-0.05, 0) is 33.6 Å². The third-order valence-electron chi connectivity index (χ3n) is 2.42. The van der Waals surface area contributed by atoms with Gasteiger partial charge < -0.3 is 14.8 Å². The molecular weight excluding hydrogens is 246 g/mol. The van der Waals surface area contributed by atoms with Gasteiger partial charge in [-0.3, -0.25) is 9.59 Å². The lowest BCUT2D eigenvalue weighted by atomic mass is 10.0. The van der Waals surface area contributed by atoms with Gasteiger partial charge in [0.2, 0.25) is 5.91 Å². The van der Waals surface area contributed by atoms with E-state index >= 15 is 0 Å². The van der Waals surface area contributed by atoms with Crippen LogP contribution in [-0.4, -0.2) is 43.2 Å². The second-order valence-electron chi connectivity index (χ2n) is 5.91. The van der Waals surface area contributed by atoms with Crippen molar-refractivity contribution in [3.05, 3.63) is 0 Å². The van der Waals surface area contributed by atoms with Crippen molar-refractivity contribution in [1.29, 1.82) is 0 Å². The summed E-state index contributed by atoms with van der Waals surface area (Å²) in [5.41, 5.74) is -0.205. The molecule has 0 heterocycles. The van der Waals surface area contributed by atoms with Gasteiger partial charge in [-0.2, -0.15) is 0 Å². The second-order valence-corrected chi connectivity index (χ2v) is 5.91. The molecule has 0 bridgehead atoms. The first-order valence-electron chi connectivity index (χ1n) is 6.65. The number of ketones is 1. The van der Waals surface area contributed by atoms with E-state index in [0.717, 1.165) is 0 Å². The summed E-state index contributed by atoms with van der Waals surface area (Å²) in [6, 6.07) is -0.443. The SMILES string of the molecule is CC(=O)C(NC(=O)COCCOC(C)(C)C)C(C)C. The fraction of sp³-hybridized carbons (Fsp3) is 0.857. The van der Waals surface area contributed by atoms with E-state index in [0.29, 0.717) is 13.2 Å². The maximum atomic E-state index is 11.6. The Morgan fingerprint density at radius 1 is 1.16 bits per heavy atom. The van der Waals surface area contributed by atoms with Crippen molar-refractivity contribution >= 4 is 11.7 Å². The van der Waals surface area contributed by atoms with Gasteiger partial charge in [0.05, 0.1) is 24.9 Å². The Hall–Kier alpha value is -0.940. The molecule has 0 fully saturated rings. The van der Waals surface area contributed by atoms with Crippen LogP contribution in [0.5, 0.6) is 0 Å². The summed E-state index contributed by atoms with van der Waals surface area (Å²) in [6.45, 7) is 11.9. The average Bonchev–Trinajstić information content (AvgIpc) is 2.22. The van der Waals surface area contributed by atoms with Gasteiger partial charge in [0, 0.05) is 0 Å². The normalized spacial score (nSPS) is 13.4. The van der Waals surface area contributed by atoms with E-state index < -0.39 is 6.04 Å². The summed E-state index contributed by atoms with van der Waals surface area (Å²) in [6.07, 6.45) is 0. The molecule has 1 N–H and O–H groups in total. The molecule has 112 valence electrons. The number of amides is 1. The predicted molar refractivity (Wildman–Crippen MR) is 74.0 cm³/mol. The zero-order chi connectivity index (χ0) is 15.1. The second kappa shape index (κ2) is 8.27. The highest BCUT2D eigenvalue weighted by Gasteiger charge is 2.20. The number of rotatable bonds is 8. The Kier molecular flexibility index (Phi) is 7.87. The van der Waals surface area contributed by atoms with Gasteiger partial charge in [0.25, 0.3) is 0 Å². The molecule has 1 amide bonds. The van der Waals surface area contributed by atoms with Gasteiger partial charge in [-0.15, -0.1) is 0 Å². The van der Waals surface area contributed by atoms with Crippen molar-refractivity contribution in [3.63, 3.8) is 0 Å². The van der Waals surface area contributed by atoms with Crippen LogP contribution in [0.2, 0.25) is 0 Å². The molecule has 1 unspecified atom stereocenters. The van der Waals surface area contributed by atoms with E-state index in [4.69, 9.17) is 9.47 Å². The fourth-order valence-electron chi connectivity index (χ4n) is 1.52. The van der Waals surface area contributed by atoms with Crippen LogP contribution in [0.25, 0.3) is 0 Å². The van der Waals surface area contributed by atoms with Crippen LogP contribution in [-0.2, 0) is 19.1 Å². The van der Waals surface area contributed by atoms with Crippen molar-refractivity contribution in [3.8, 4) is 0 Å². The molecular formula is C14H27NO4. The predicted octanol–water partition coefficient (Wildman–Crippen LogP) is 1.55. The summed E-state index contributed by atoms with van der Waals surface area (Å²) in [7, 11) is 0. The van der Waals surface area contributed by atoms with Crippen molar-refractivity contribution in [2.45, 2.75) is 53.2 Å². The molecule has 0 saturated carbocycles. The largest absolute Gasteiger partial charge is 0.373 e. The maximum Gasteiger partial charge on any atom is 0.246 e. The van der Waals surface area contributed by atoms with E-state index in [1.54, 1.807) is 0 Å². The van der Waals surface area contributed by atoms with E-state index in [1.165, 1.54) is 6.92 Å². The number of carbonyl (C=O) groups is 2. The first-order chi connectivity index (χ1) is 8.63. The van der Waals surface area contributed by atoms with Crippen LogP contribution in [0.4, 0.5) is 0 Å². The van der Waals surface area contributed by atoms with Crippen molar-refractivity contribution in [1.82, 2.24) is 5.32 Å². The van der Waals surface area contributed by atoms with Gasteiger partial charge in [0.15, 0.2) is 5.78 Å². The van der Waals surface area contributed by atoms with Gasteiger partial charge in [-0.25, -0.2) is 0 Å².